The van der Waals surface area contributed by atoms with Gasteiger partial charge in [-0.25, -0.2) is 9.78 Å². The molecule has 8 heteroatoms. The van der Waals surface area contributed by atoms with Gasteiger partial charge < -0.3 is 25.0 Å². The average Bonchev–Trinajstić information content (AvgIpc) is 2.80. The minimum atomic E-state index is -0.338. The average molecular weight is 444 g/mol. The number of carbonyl (C=O) groups excluding carboxylic acids is 1. The maximum absolute atomic E-state index is 12.2. The van der Waals surface area contributed by atoms with E-state index in [0.717, 1.165) is 22.5 Å². The van der Waals surface area contributed by atoms with Crippen molar-refractivity contribution in [3.63, 3.8) is 0 Å². The number of aromatic nitrogens is 2. The van der Waals surface area contributed by atoms with Gasteiger partial charge in [-0.2, -0.15) is 0 Å². The van der Waals surface area contributed by atoms with Crippen molar-refractivity contribution in [3.8, 4) is 17.2 Å². The highest BCUT2D eigenvalue weighted by molar-refractivity contribution is 5.99. The first-order valence-corrected chi connectivity index (χ1v) is 10.4. The fourth-order valence-corrected chi connectivity index (χ4v) is 3.20. The van der Waals surface area contributed by atoms with Gasteiger partial charge in [-0.1, -0.05) is 0 Å². The number of ether oxygens (including phenoxy) is 2. The van der Waals surface area contributed by atoms with Crippen LogP contribution < -0.4 is 20.1 Å². The first-order chi connectivity index (χ1) is 16.0. The molecule has 33 heavy (non-hydrogen) atoms. The van der Waals surface area contributed by atoms with Crippen molar-refractivity contribution in [2.75, 3.05) is 31.8 Å². The molecule has 0 aliphatic heterocycles. The summed E-state index contributed by atoms with van der Waals surface area (Å²) in [5.41, 5.74) is 3.80. The van der Waals surface area contributed by atoms with Gasteiger partial charge in [0.15, 0.2) is 0 Å². The third-order valence-corrected chi connectivity index (χ3v) is 4.74. The van der Waals surface area contributed by atoms with Crippen molar-refractivity contribution >= 4 is 28.4 Å². The highest BCUT2D eigenvalue weighted by Crippen LogP contribution is 2.26. The summed E-state index contributed by atoms with van der Waals surface area (Å²) in [5, 5.41) is 5.57. The SMILES string of the molecule is COc1ccc(NC(=O)Nc2ccc(Oc3ccc4ncc(CN(C)C)nc4c3)cc2)cc1. The molecule has 2 N–H and O–H groups in total. The van der Waals surface area contributed by atoms with E-state index in [1.165, 1.54) is 0 Å². The van der Waals surface area contributed by atoms with Crippen LogP contribution in [0.5, 0.6) is 17.2 Å². The van der Waals surface area contributed by atoms with E-state index in [1.807, 2.05) is 37.2 Å². The lowest BCUT2D eigenvalue weighted by Crippen LogP contribution is -2.19. The molecule has 4 rings (SSSR count). The van der Waals surface area contributed by atoms with Crippen LogP contribution in [-0.2, 0) is 6.54 Å². The summed E-state index contributed by atoms with van der Waals surface area (Å²) < 4.78 is 11.1. The maximum Gasteiger partial charge on any atom is 0.323 e. The lowest BCUT2D eigenvalue weighted by molar-refractivity contribution is 0.262. The van der Waals surface area contributed by atoms with Gasteiger partial charge in [-0.3, -0.25) is 4.98 Å². The number of benzene rings is 3. The number of hydrogen-bond donors (Lipinski definition) is 2. The lowest BCUT2D eigenvalue weighted by atomic mass is 10.2. The Balaban J connectivity index is 1.38. The zero-order valence-electron chi connectivity index (χ0n) is 18.7. The van der Waals surface area contributed by atoms with E-state index in [0.29, 0.717) is 29.4 Å². The van der Waals surface area contributed by atoms with E-state index in [1.54, 1.807) is 61.8 Å². The second-order valence-electron chi connectivity index (χ2n) is 7.68. The van der Waals surface area contributed by atoms with Gasteiger partial charge in [0.25, 0.3) is 0 Å². The van der Waals surface area contributed by atoms with E-state index >= 15 is 0 Å². The molecule has 0 radical (unpaired) electrons. The van der Waals surface area contributed by atoms with Gasteiger partial charge in [0, 0.05) is 24.0 Å². The van der Waals surface area contributed by atoms with Gasteiger partial charge in [0.2, 0.25) is 0 Å². The smallest absolute Gasteiger partial charge is 0.323 e. The summed E-state index contributed by atoms with van der Waals surface area (Å²) in [6.45, 7) is 0.717. The summed E-state index contributed by atoms with van der Waals surface area (Å²) in [6, 6.07) is 19.5. The predicted molar refractivity (Wildman–Crippen MR) is 129 cm³/mol. The zero-order valence-corrected chi connectivity index (χ0v) is 18.7. The molecule has 168 valence electrons. The molecule has 0 aliphatic carbocycles. The number of anilines is 2. The third-order valence-electron chi connectivity index (χ3n) is 4.74. The van der Waals surface area contributed by atoms with Gasteiger partial charge >= 0.3 is 6.03 Å². The molecular formula is C25H25N5O3. The Morgan fingerprint density at radius 2 is 1.45 bits per heavy atom. The van der Waals surface area contributed by atoms with Gasteiger partial charge in [-0.05, 0) is 74.8 Å². The number of methoxy groups -OCH3 is 1. The van der Waals surface area contributed by atoms with Crippen LogP contribution in [0.4, 0.5) is 16.2 Å². The van der Waals surface area contributed by atoms with Crippen molar-refractivity contribution in [2.24, 2.45) is 0 Å². The summed E-state index contributed by atoms with van der Waals surface area (Å²) in [6.07, 6.45) is 1.79. The molecular weight excluding hydrogens is 418 g/mol. The number of fused-ring (bicyclic) bond motifs is 1. The van der Waals surface area contributed by atoms with Crippen molar-refractivity contribution in [2.45, 2.75) is 6.54 Å². The number of urea groups is 1. The van der Waals surface area contributed by atoms with Crippen LogP contribution in [0, 0.1) is 0 Å². The Morgan fingerprint density at radius 3 is 2.06 bits per heavy atom. The van der Waals surface area contributed by atoms with Crippen LogP contribution in [0.25, 0.3) is 11.0 Å². The molecule has 0 spiro atoms. The van der Waals surface area contributed by atoms with Crippen molar-refractivity contribution < 1.29 is 14.3 Å². The van der Waals surface area contributed by atoms with Crippen LogP contribution in [0.1, 0.15) is 5.69 Å². The van der Waals surface area contributed by atoms with E-state index in [9.17, 15) is 4.79 Å². The quantitative estimate of drug-likeness (QED) is 0.411. The van der Waals surface area contributed by atoms with E-state index in [2.05, 4.69) is 20.6 Å². The zero-order chi connectivity index (χ0) is 23.2. The normalized spacial score (nSPS) is 10.8. The fraction of sp³-hybridized carbons (Fsp3) is 0.160. The van der Waals surface area contributed by atoms with E-state index in [-0.39, 0.29) is 6.03 Å². The third kappa shape index (κ3) is 5.96. The number of amides is 2. The van der Waals surface area contributed by atoms with Gasteiger partial charge in [-0.15, -0.1) is 0 Å². The highest BCUT2D eigenvalue weighted by Gasteiger charge is 2.06. The topological polar surface area (TPSA) is 88.6 Å². The number of hydrogen-bond acceptors (Lipinski definition) is 6. The first kappa shape index (κ1) is 22.0. The molecule has 1 aromatic heterocycles. The Bertz CT molecular complexity index is 1240. The number of rotatable bonds is 7. The Kier molecular flexibility index (Phi) is 6.66. The van der Waals surface area contributed by atoms with E-state index in [4.69, 9.17) is 9.47 Å². The molecule has 0 unspecified atom stereocenters. The van der Waals surface area contributed by atoms with Crippen LogP contribution >= 0.6 is 0 Å². The molecule has 0 fully saturated rings. The van der Waals surface area contributed by atoms with Gasteiger partial charge in [0.05, 0.1) is 30.0 Å². The Morgan fingerprint density at radius 1 is 0.848 bits per heavy atom. The number of nitrogens with zero attached hydrogens (tertiary/aromatic N) is 3. The second kappa shape index (κ2) is 9.97. The molecule has 1 heterocycles. The number of carbonyl (C=O) groups is 1. The highest BCUT2D eigenvalue weighted by atomic mass is 16.5. The van der Waals surface area contributed by atoms with Gasteiger partial charge in [0.1, 0.15) is 17.2 Å². The minimum absolute atomic E-state index is 0.338. The molecule has 4 aromatic rings. The molecule has 0 saturated carbocycles. The molecule has 2 amide bonds. The second-order valence-corrected chi connectivity index (χ2v) is 7.68. The maximum atomic E-state index is 12.2. The first-order valence-electron chi connectivity index (χ1n) is 10.4. The van der Waals surface area contributed by atoms with Crippen LogP contribution in [0.2, 0.25) is 0 Å². The van der Waals surface area contributed by atoms with Crippen molar-refractivity contribution in [1.82, 2.24) is 14.9 Å². The summed E-state index contributed by atoms with van der Waals surface area (Å²) in [4.78, 5) is 23.4. The largest absolute Gasteiger partial charge is 0.497 e. The Hall–Kier alpha value is -4.17. The van der Waals surface area contributed by atoms with Crippen LogP contribution in [0.3, 0.4) is 0 Å². The number of nitrogens with one attached hydrogen (secondary N) is 2. The molecule has 3 aromatic carbocycles. The molecule has 0 atom stereocenters. The Labute approximate surface area is 192 Å². The molecule has 8 nitrogen and oxygen atoms in total. The summed E-state index contributed by atoms with van der Waals surface area (Å²) >= 11 is 0. The molecule has 0 aliphatic rings. The van der Waals surface area contributed by atoms with Crippen LogP contribution in [-0.4, -0.2) is 42.1 Å². The lowest BCUT2D eigenvalue weighted by Gasteiger charge is -2.11. The summed E-state index contributed by atoms with van der Waals surface area (Å²) in [7, 11) is 5.58. The monoisotopic (exact) mass is 443 g/mol. The summed E-state index contributed by atoms with van der Waals surface area (Å²) in [5.74, 6) is 2.04. The predicted octanol–water partition coefficient (Wildman–Crippen LogP) is 5.14. The molecule has 0 saturated heterocycles. The minimum Gasteiger partial charge on any atom is -0.497 e. The van der Waals surface area contributed by atoms with Crippen molar-refractivity contribution in [1.29, 1.82) is 0 Å². The molecule has 0 bridgehead atoms. The van der Waals surface area contributed by atoms with E-state index < -0.39 is 0 Å². The van der Waals surface area contributed by atoms with Crippen molar-refractivity contribution in [3.05, 3.63) is 78.6 Å². The van der Waals surface area contributed by atoms with Crippen LogP contribution in [0.15, 0.2) is 72.9 Å². The standard InChI is InChI=1S/C25H25N5O3/c1-30(2)16-19-15-26-23-13-12-22(14-24(23)27-19)33-21-10-6-18(7-11-21)29-25(31)28-17-4-8-20(32-3)9-5-17/h4-15H,16H2,1-3H3,(H2,28,29,31). The fourth-order valence-electron chi connectivity index (χ4n) is 3.20.